The highest BCUT2D eigenvalue weighted by molar-refractivity contribution is 5.91. The Hall–Kier alpha value is -3.00. The Balaban J connectivity index is 1.43. The summed E-state index contributed by atoms with van der Waals surface area (Å²) in [6.45, 7) is 4.29. The maximum atomic E-state index is 14.0. The first-order valence-corrected chi connectivity index (χ1v) is 9.50. The van der Waals surface area contributed by atoms with Gasteiger partial charge in [-0.3, -0.25) is 4.79 Å². The number of hydrogen-bond donors (Lipinski definition) is 1. The van der Waals surface area contributed by atoms with Crippen molar-refractivity contribution >= 4 is 5.91 Å². The molecule has 0 atom stereocenters. The van der Waals surface area contributed by atoms with Crippen LogP contribution in [0.15, 0.2) is 39.4 Å². The van der Waals surface area contributed by atoms with E-state index in [-0.39, 0.29) is 30.1 Å². The fraction of sp³-hybridized carbons (Fsp3) is 0.381. The van der Waals surface area contributed by atoms with Gasteiger partial charge in [0.15, 0.2) is 5.76 Å². The largest absolute Gasteiger partial charge is 0.456 e. The van der Waals surface area contributed by atoms with Crippen LogP contribution in [0, 0.1) is 19.8 Å². The molecule has 7 nitrogen and oxygen atoms in total. The Bertz CT molecular complexity index is 1010. The van der Waals surface area contributed by atoms with Crippen LogP contribution >= 0.6 is 0 Å². The summed E-state index contributed by atoms with van der Waals surface area (Å²) in [4.78, 5) is 18.0. The lowest BCUT2D eigenvalue weighted by Crippen LogP contribution is -2.45. The highest BCUT2D eigenvalue weighted by atomic mass is 19.1. The van der Waals surface area contributed by atoms with Crippen LogP contribution in [-0.2, 0) is 12.0 Å². The van der Waals surface area contributed by atoms with E-state index in [1.165, 1.54) is 12.3 Å². The highest BCUT2D eigenvalue weighted by Crippen LogP contribution is 2.34. The molecule has 1 saturated heterocycles. The molecule has 1 N–H and O–H groups in total. The molecule has 0 bridgehead atoms. The number of rotatable bonds is 4. The highest BCUT2D eigenvalue weighted by Gasteiger charge is 2.38. The molecule has 4 heterocycles. The number of halogens is 1. The second-order valence-electron chi connectivity index (χ2n) is 7.41. The first kappa shape index (κ1) is 19.3. The van der Waals surface area contributed by atoms with Crippen molar-refractivity contribution in [3.63, 3.8) is 0 Å². The van der Waals surface area contributed by atoms with Crippen molar-refractivity contribution in [2.45, 2.75) is 38.7 Å². The number of hydrogen-bond acceptors (Lipinski definition) is 6. The summed E-state index contributed by atoms with van der Waals surface area (Å²) in [6.07, 6.45) is 2.30. The van der Waals surface area contributed by atoms with Gasteiger partial charge in [0, 0.05) is 36.8 Å². The Labute approximate surface area is 167 Å². The molecule has 0 spiro atoms. The van der Waals surface area contributed by atoms with Gasteiger partial charge in [0.25, 0.3) is 5.91 Å². The lowest BCUT2D eigenvalue weighted by molar-refractivity contribution is -0.0247. The standard InChI is InChI=1S/C21H22FN3O4/c1-13-16(14(2)29-24-13)12-15-5-6-18(28-15)20(26)25-10-7-21(27,8-11-25)17-4-3-9-23-19(17)22/h3-6,9,27H,7-8,10-12H2,1-2H3. The molecule has 29 heavy (non-hydrogen) atoms. The monoisotopic (exact) mass is 399 g/mol. The molecule has 1 amide bonds. The number of carbonyl (C=O) groups excluding carboxylic acids is 1. The van der Waals surface area contributed by atoms with Crippen LogP contribution in [0.4, 0.5) is 4.39 Å². The number of aliphatic hydroxyl groups is 1. The first-order chi connectivity index (χ1) is 13.9. The van der Waals surface area contributed by atoms with Crippen LogP contribution in [0.25, 0.3) is 0 Å². The van der Waals surface area contributed by atoms with Crippen molar-refractivity contribution in [1.29, 1.82) is 0 Å². The molecule has 1 fully saturated rings. The van der Waals surface area contributed by atoms with Crippen LogP contribution in [0.3, 0.4) is 0 Å². The Morgan fingerprint density at radius 3 is 2.69 bits per heavy atom. The number of amides is 1. The van der Waals surface area contributed by atoms with Crippen molar-refractivity contribution in [1.82, 2.24) is 15.0 Å². The van der Waals surface area contributed by atoms with Crippen molar-refractivity contribution in [2.24, 2.45) is 0 Å². The lowest BCUT2D eigenvalue weighted by Gasteiger charge is -2.38. The van der Waals surface area contributed by atoms with Crippen molar-refractivity contribution in [3.8, 4) is 0 Å². The molecule has 152 valence electrons. The summed E-state index contributed by atoms with van der Waals surface area (Å²) >= 11 is 0. The van der Waals surface area contributed by atoms with Crippen LogP contribution in [0.1, 0.15) is 51.7 Å². The fourth-order valence-corrected chi connectivity index (χ4v) is 3.75. The third kappa shape index (κ3) is 3.67. The van der Waals surface area contributed by atoms with Crippen LogP contribution in [-0.4, -0.2) is 39.1 Å². The van der Waals surface area contributed by atoms with E-state index in [9.17, 15) is 14.3 Å². The van der Waals surface area contributed by atoms with E-state index in [0.717, 1.165) is 17.0 Å². The molecule has 3 aromatic rings. The summed E-state index contributed by atoms with van der Waals surface area (Å²) in [6, 6.07) is 6.55. The second-order valence-corrected chi connectivity index (χ2v) is 7.41. The maximum absolute atomic E-state index is 14.0. The first-order valence-electron chi connectivity index (χ1n) is 9.50. The number of piperidine rings is 1. The zero-order valence-corrected chi connectivity index (χ0v) is 16.3. The molecule has 0 aliphatic carbocycles. The molecular weight excluding hydrogens is 377 g/mol. The number of carbonyl (C=O) groups is 1. The lowest BCUT2D eigenvalue weighted by atomic mass is 9.85. The van der Waals surface area contributed by atoms with Gasteiger partial charge < -0.3 is 18.9 Å². The van der Waals surface area contributed by atoms with Gasteiger partial charge in [-0.25, -0.2) is 4.98 Å². The van der Waals surface area contributed by atoms with Crippen molar-refractivity contribution < 1.29 is 23.2 Å². The van der Waals surface area contributed by atoms with E-state index in [0.29, 0.717) is 25.3 Å². The minimum atomic E-state index is -1.33. The third-order valence-electron chi connectivity index (χ3n) is 5.54. The van der Waals surface area contributed by atoms with Gasteiger partial charge in [0.2, 0.25) is 5.95 Å². The predicted molar refractivity (Wildman–Crippen MR) is 101 cm³/mol. The van der Waals surface area contributed by atoms with Gasteiger partial charge in [0.1, 0.15) is 11.5 Å². The summed E-state index contributed by atoms with van der Waals surface area (Å²) in [5, 5.41) is 14.8. The van der Waals surface area contributed by atoms with Gasteiger partial charge in [-0.15, -0.1) is 0 Å². The normalized spacial score (nSPS) is 16.2. The molecule has 0 saturated carbocycles. The molecule has 1 aliphatic heterocycles. The average Bonchev–Trinajstić information content (AvgIpc) is 3.30. The van der Waals surface area contributed by atoms with Crippen LogP contribution in [0.5, 0.6) is 0 Å². The number of nitrogens with zero attached hydrogens (tertiary/aromatic N) is 3. The Morgan fingerprint density at radius 1 is 1.28 bits per heavy atom. The van der Waals surface area contributed by atoms with Crippen molar-refractivity contribution in [2.75, 3.05) is 13.1 Å². The van der Waals surface area contributed by atoms with Gasteiger partial charge in [-0.2, -0.15) is 4.39 Å². The third-order valence-corrected chi connectivity index (χ3v) is 5.54. The molecule has 0 radical (unpaired) electrons. The minimum absolute atomic E-state index is 0.173. The predicted octanol–water partition coefficient (Wildman–Crippen LogP) is 3.13. The summed E-state index contributed by atoms with van der Waals surface area (Å²) in [5.41, 5.74) is 0.587. The Morgan fingerprint density at radius 2 is 2.03 bits per heavy atom. The minimum Gasteiger partial charge on any atom is -0.456 e. The molecule has 4 rings (SSSR count). The van der Waals surface area contributed by atoms with Crippen LogP contribution < -0.4 is 0 Å². The summed E-state index contributed by atoms with van der Waals surface area (Å²) in [5.74, 6) is 0.691. The molecule has 3 aromatic heterocycles. The molecular formula is C21H22FN3O4. The van der Waals surface area contributed by atoms with E-state index >= 15 is 0 Å². The van der Waals surface area contributed by atoms with Crippen molar-refractivity contribution in [3.05, 3.63) is 70.5 Å². The zero-order chi connectivity index (χ0) is 20.6. The van der Waals surface area contributed by atoms with E-state index in [1.807, 2.05) is 13.8 Å². The maximum Gasteiger partial charge on any atom is 0.289 e. The molecule has 8 heteroatoms. The van der Waals surface area contributed by atoms with Gasteiger partial charge in [0.05, 0.1) is 11.3 Å². The number of pyridine rings is 1. The topological polar surface area (TPSA) is 92.6 Å². The van der Waals surface area contributed by atoms with Gasteiger partial charge >= 0.3 is 0 Å². The number of aryl methyl sites for hydroxylation is 2. The Kier molecular flexibility index (Phi) is 4.96. The fourth-order valence-electron chi connectivity index (χ4n) is 3.75. The number of likely N-dealkylation sites (tertiary alicyclic amines) is 1. The molecule has 0 unspecified atom stereocenters. The zero-order valence-electron chi connectivity index (χ0n) is 16.3. The van der Waals surface area contributed by atoms with Gasteiger partial charge in [-0.05, 0) is 44.9 Å². The smallest absolute Gasteiger partial charge is 0.289 e. The molecule has 0 aromatic carbocycles. The van der Waals surface area contributed by atoms with E-state index < -0.39 is 11.5 Å². The number of furan rings is 1. The SMILES string of the molecule is Cc1noc(C)c1Cc1ccc(C(=O)N2CCC(O)(c3cccnc3F)CC2)o1. The number of aromatic nitrogens is 2. The molecule has 1 aliphatic rings. The quantitative estimate of drug-likeness (QED) is 0.678. The van der Waals surface area contributed by atoms with E-state index in [4.69, 9.17) is 8.94 Å². The summed E-state index contributed by atoms with van der Waals surface area (Å²) in [7, 11) is 0. The average molecular weight is 399 g/mol. The summed E-state index contributed by atoms with van der Waals surface area (Å²) < 4.78 is 24.9. The van der Waals surface area contributed by atoms with Crippen LogP contribution in [0.2, 0.25) is 0 Å². The van der Waals surface area contributed by atoms with E-state index in [2.05, 4.69) is 10.1 Å². The second kappa shape index (κ2) is 7.44. The van der Waals surface area contributed by atoms with Gasteiger partial charge in [-0.1, -0.05) is 11.2 Å². The van der Waals surface area contributed by atoms with E-state index in [1.54, 1.807) is 23.1 Å².